The van der Waals surface area contributed by atoms with Gasteiger partial charge in [-0.25, -0.2) is 8.42 Å². The van der Waals surface area contributed by atoms with Gasteiger partial charge in [-0.2, -0.15) is 4.31 Å². The van der Waals surface area contributed by atoms with Gasteiger partial charge in [0.15, 0.2) is 0 Å². The summed E-state index contributed by atoms with van der Waals surface area (Å²) in [5.41, 5.74) is 4.92. The van der Waals surface area contributed by atoms with Crippen LogP contribution in [0.4, 0.5) is 0 Å². The van der Waals surface area contributed by atoms with Gasteiger partial charge in [0.25, 0.3) is 0 Å². The van der Waals surface area contributed by atoms with E-state index in [1.807, 2.05) is 39.5 Å². The quantitative estimate of drug-likeness (QED) is 0.749. The Labute approximate surface area is 156 Å². The molecule has 1 aromatic rings. The number of cyclic esters (lactones) is 1. The van der Waals surface area contributed by atoms with Crippen molar-refractivity contribution in [2.45, 2.75) is 52.0 Å². The Morgan fingerprint density at radius 2 is 1.35 bits per heavy atom. The average Bonchev–Trinajstić information content (AvgIpc) is 3.04. The number of carbonyl (C=O) groups excluding carboxylic acids is 1. The number of sulfonamides is 1. The molecule has 2 aliphatic heterocycles. The number of rotatable bonds is 3. The Kier molecular flexibility index (Phi) is 5.16. The molecule has 2 heterocycles. The number of nitrogens with zero attached hydrogens (tertiary/aromatic N) is 2. The number of carbonyl (C=O) groups is 1. The van der Waals surface area contributed by atoms with Crippen molar-refractivity contribution in [3.63, 3.8) is 0 Å². The Morgan fingerprint density at radius 1 is 0.846 bits per heavy atom. The van der Waals surface area contributed by atoms with Gasteiger partial charge in [-0.3, -0.25) is 9.69 Å². The predicted molar refractivity (Wildman–Crippen MR) is 99.8 cm³/mol. The van der Waals surface area contributed by atoms with Gasteiger partial charge in [0.1, 0.15) is 6.04 Å². The largest absolute Gasteiger partial charge is 0.464 e. The second-order valence-corrected chi connectivity index (χ2v) is 9.24. The highest BCUT2D eigenvalue weighted by molar-refractivity contribution is 7.89. The summed E-state index contributed by atoms with van der Waals surface area (Å²) in [6, 6.07) is -0.216. The van der Waals surface area contributed by atoms with Gasteiger partial charge in [0, 0.05) is 32.6 Å². The van der Waals surface area contributed by atoms with Crippen LogP contribution in [0.3, 0.4) is 0 Å². The molecule has 2 fully saturated rings. The molecule has 0 spiro atoms. The zero-order chi connectivity index (χ0) is 19.2. The highest BCUT2D eigenvalue weighted by atomic mass is 32.2. The standard InChI is InChI=1S/C19H28N2O4S/c1-12-13(2)15(4)18(16(5)14(12)3)26(23,24)21-9-7-20(8-10-21)17-6-11-25-19(17)22/h17H,6-11H2,1-5H3/t17-/m0/s1. The lowest BCUT2D eigenvalue weighted by atomic mass is 9.95. The van der Waals surface area contributed by atoms with Gasteiger partial charge in [0.05, 0.1) is 11.5 Å². The summed E-state index contributed by atoms with van der Waals surface area (Å²) in [6.45, 7) is 12.2. The fourth-order valence-corrected chi connectivity index (χ4v) is 6.04. The number of piperazine rings is 1. The smallest absolute Gasteiger partial charge is 0.323 e. The zero-order valence-corrected chi connectivity index (χ0v) is 17.1. The fraction of sp³-hybridized carbons (Fsp3) is 0.632. The molecule has 0 radical (unpaired) electrons. The van der Waals surface area contributed by atoms with E-state index in [1.54, 1.807) is 4.31 Å². The summed E-state index contributed by atoms with van der Waals surface area (Å²) >= 11 is 0. The Bertz CT molecular complexity index is 811. The molecule has 0 aromatic heterocycles. The third-order valence-corrected chi connectivity index (χ3v) is 8.32. The minimum Gasteiger partial charge on any atom is -0.464 e. The highest BCUT2D eigenvalue weighted by Crippen LogP contribution is 2.32. The molecule has 0 unspecified atom stereocenters. The monoisotopic (exact) mass is 380 g/mol. The van der Waals surface area contributed by atoms with Crippen LogP contribution in [0.2, 0.25) is 0 Å². The summed E-state index contributed by atoms with van der Waals surface area (Å²) in [7, 11) is -3.56. The first-order valence-electron chi connectivity index (χ1n) is 9.14. The summed E-state index contributed by atoms with van der Waals surface area (Å²) in [5.74, 6) is -0.183. The summed E-state index contributed by atoms with van der Waals surface area (Å²) in [5, 5.41) is 0. The summed E-state index contributed by atoms with van der Waals surface area (Å²) in [6.07, 6.45) is 0.695. The minimum atomic E-state index is -3.56. The molecule has 26 heavy (non-hydrogen) atoms. The van der Waals surface area contributed by atoms with Crippen LogP contribution >= 0.6 is 0 Å². The van der Waals surface area contributed by atoms with Crippen LogP contribution in [-0.4, -0.2) is 62.4 Å². The van der Waals surface area contributed by atoms with E-state index in [4.69, 9.17) is 4.74 Å². The molecule has 0 aliphatic carbocycles. The van der Waals surface area contributed by atoms with Crippen LogP contribution < -0.4 is 0 Å². The predicted octanol–water partition coefficient (Wildman–Crippen LogP) is 1.85. The second-order valence-electron chi connectivity index (χ2n) is 7.37. The molecule has 6 nitrogen and oxygen atoms in total. The van der Waals surface area contributed by atoms with Crippen molar-refractivity contribution in [1.29, 1.82) is 0 Å². The van der Waals surface area contributed by atoms with E-state index in [1.165, 1.54) is 0 Å². The highest BCUT2D eigenvalue weighted by Gasteiger charge is 2.37. The third kappa shape index (κ3) is 3.06. The van der Waals surface area contributed by atoms with E-state index in [-0.39, 0.29) is 12.0 Å². The average molecular weight is 381 g/mol. The molecule has 1 atom stereocenters. The maximum atomic E-state index is 13.4. The van der Waals surface area contributed by atoms with Crippen LogP contribution in [0.5, 0.6) is 0 Å². The van der Waals surface area contributed by atoms with E-state index in [2.05, 4.69) is 0 Å². The maximum absolute atomic E-state index is 13.4. The van der Waals surface area contributed by atoms with Crippen molar-refractivity contribution < 1.29 is 17.9 Å². The van der Waals surface area contributed by atoms with Crippen molar-refractivity contribution in [2.75, 3.05) is 32.8 Å². The first-order valence-corrected chi connectivity index (χ1v) is 10.6. The molecule has 3 rings (SSSR count). The molecule has 0 amide bonds. The normalized spacial score (nSPS) is 22.7. The van der Waals surface area contributed by atoms with Crippen LogP contribution in [0.25, 0.3) is 0 Å². The Morgan fingerprint density at radius 3 is 1.81 bits per heavy atom. The van der Waals surface area contributed by atoms with Gasteiger partial charge in [-0.15, -0.1) is 0 Å². The molecule has 2 aliphatic rings. The van der Waals surface area contributed by atoms with Crippen LogP contribution in [0.1, 0.15) is 34.2 Å². The topological polar surface area (TPSA) is 66.9 Å². The lowest BCUT2D eigenvalue weighted by Gasteiger charge is -2.36. The lowest BCUT2D eigenvalue weighted by Crippen LogP contribution is -2.53. The van der Waals surface area contributed by atoms with Crippen molar-refractivity contribution >= 4 is 16.0 Å². The fourth-order valence-electron chi connectivity index (χ4n) is 4.05. The number of ether oxygens (including phenoxy) is 1. The van der Waals surface area contributed by atoms with Gasteiger partial charge < -0.3 is 4.74 Å². The molecule has 2 saturated heterocycles. The first kappa shape index (κ1) is 19.3. The number of hydrogen-bond acceptors (Lipinski definition) is 5. The number of esters is 1. The molecular formula is C19H28N2O4S. The molecule has 0 N–H and O–H groups in total. The van der Waals surface area contributed by atoms with Crippen LogP contribution in [-0.2, 0) is 19.6 Å². The Hall–Kier alpha value is -1.44. The van der Waals surface area contributed by atoms with E-state index < -0.39 is 10.0 Å². The zero-order valence-electron chi connectivity index (χ0n) is 16.3. The SMILES string of the molecule is Cc1c(C)c(C)c(S(=O)(=O)N2CCN([C@H]3CCOC3=O)CC2)c(C)c1C. The van der Waals surface area contributed by atoms with E-state index in [0.717, 1.165) is 27.8 Å². The summed E-state index contributed by atoms with van der Waals surface area (Å²) in [4.78, 5) is 14.3. The molecule has 7 heteroatoms. The van der Waals surface area contributed by atoms with Gasteiger partial charge in [-0.1, -0.05) is 0 Å². The number of benzene rings is 1. The van der Waals surface area contributed by atoms with Crippen LogP contribution in [0, 0.1) is 34.6 Å². The van der Waals surface area contributed by atoms with E-state index in [0.29, 0.717) is 44.1 Å². The van der Waals surface area contributed by atoms with Crippen molar-refractivity contribution in [1.82, 2.24) is 9.21 Å². The van der Waals surface area contributed by atoms with Crippen molar-refractivity contribution in [3.05, 3.63) is 27.8 Å². The Balaban J connectivity index is 1.86. The lowest BCUT2D eigenvalue weighted by molar-refractivity contribution is -0.142. The molecule has 0 saturated carbocycles. The van der Waals surface area contributed by atoms with Gasteiger partial charge >= 0.3 is 5.97 Å². The van der Waals surface area contributed by atoms with E-state index in [9.17, 15) is 13.2 Å². The molecule has 1 aromatic carbocycles. The van der Waals surface area contributed by atoms with Crippen molar-refractivity contribution in [2.24, 2.45) is 0 Å². The third-order valence-electron chi connectivity index (χ3n) is 6.15. The van der Waals surface area contributed by atoms with Crippen LogP contribution in [0.15, 0.2) is 4.90 Å². The first-order chi connectivity index (χ1) is 12.2. The van der Waals surface area contributed by atoms with Gasteiger partial charge in [-0.05, 0) is 62.4 Å². The molecule has 144 valence electrons. The number of hydrogen-bond donors (Lipinski definition) is 0. The second kappa shape index (κ2) is 6.94. The molecule has 0 bridgehead atoms. The minimum absolute atomic E-state index is 0.183. The molecular weight excluding hydrogens is 352 g/mol. The van der Waals surface area contributed by atoms with Gasteiger partial charge in [0.2, 0.25) is 10.0 Å². The van der Waals surface area contributed by atoms with Crippen molar-refractivity contribution in [3.8, 4) is 0 Å². The summed E-state index contributed by atoms with van der Waals surface area (Å²) < 4.78 is 33.3. The maximum Gasteiger partial charge on any atom is 0.323 e. The van der Waals surface area contributed by atoms with E-state index >= 15 is 0 Å².